The summed E-state index contributed by atoms with van der Waals surface area (Å²) in [7, 11) is 1.51. The zero-order valence-electron chi connectivity index (χ0n) is 11.8. The Bertz CT molecular complexity index is 587. The number of anilines is 1. The Labute approximate surface area is 117 Å². The molecule has 0 bridgehead atoms. The van der Waals surface area contributed by atoms with E-state index in [1.54, 1.807) is 0 Å². The van der Waals surface area contributed by atoms with Crippen molar-refractivity contribution in [2.75, 3.05) is 12.5 Å². The summed E-state index contributed by atoms with van der Waals surface area (Å²) in [6.45, 7) is 4.25. The first-order chi connectivity index (χ1) is 9.65. The highest BCUT2D eigenvalue weighted by molar-refractivity contribution is 5.55. The third-order valence-electron chi connectivity index (χ3n) is 2.85. The molecule has 2 aromatic rings. The van der Waals surface area contributed by atoms with Crippen LogP contribution in [0.4, 0.5) is 5.82 Å². The number of hydrazine groups is 1. The Kier molecular flexibility index (Phi) is 4.37. The highest BCUT2D eigenvalue weighted by Crippen LogP contribution is 2.34. The topological polar surface area (TPSA) is 82.3 Å². The van der Waals surface area contributed by atoms with E-state index in [0.717, 1.165) is 0 Å². The maximum Gasteiger partial charge on any atom is 0.268 e. The van der Waals surface area contributed by atoms with Crippen molar-refractivity contribution in [3.05, 3.63) is 36.2 Å². The fourth-order valence-electron chi connectivity index (χ4n) is 1.77. The van der Waals surface area contributed by atoms with E-state index in [1.165, 1.54) is 19.0 Å². The predicted octanol–water partition coefficient (Wildman–Crippen LogP) is 2.69. The minimum Gasteiger partial charge on any atom is -0.489 e. The summed E-state index contributed by atoms with van der Waals surface area (Å²) >= 11 is 0. The molecule has 0 aliphatic rings. The van der Waals surface area contributed by atoms with Crippen LogP contribution in [0.2, 0.25) is 0 Å². The van der Waals surface area contributed by atoms with Crippen LogP contribution in [0.1, 0.15) is 25.3 Å². The van der Waals surface area contributed by atoms with Crippen LogP contribution in [-0.4, -0.2) is 17.1 Å². The minimum absolute atomic E-state index is 0.316. The van der Waals surface area contributed by atoms with Gasteiger partial charge in [-0.1, -0.05) is 26.0 Å². The molecular formula is C14H18N4O2. The van der Waals surface area contributed by atoms with Crippen molar-refractivity contribution in [2.45, 2.75) is 19.8 Å². The van der Waals surface area contributed by atoms with E-state index in [2.05, 4.69) is 35.3 Å². The van der Waals surface area contributed by atoms with Gasteiger partial charge in [0, 0.05) is 0 Å². The molecule has 2 rings (SSSR count). The lowest BCUT2D eigenvalue weighted by Crippen LogP contribution is -2.11. The van der Waals surface area contributed by atoms with Crippen molar-refractivity contribution in [1.82, 2.24) is 9.97 Å². The molecule has 20 heavy (non-hydrogen) atoms. The number of aromatic nitrogens is 2. The van der Waals surface area contributed by atoms with Gasteiger partial charge in [0.1, 0.15) is 12.1 Å². The Balaban J connectivity index is 2.32. The van der Waals surface area contributed by atoms with Crippen LogP contribution in [0, 0.1) is 0 Å². The second-order valence-electron chi connectivity index (χ2n) is 4.53. The molecule has 0 unspecified atom stereocenters. The van der Waals surface area contributed by atoms with Gasteiger partial charge >= 0.3 is 0 Å². The van der Waals surface area contributed by atoms with Crippen LogP contribution < -0.4 is 20.7 Å². The molecule has 0 atom stereocenters. The smallest absolute Gasteiger partial charge is 0.268 e. The molecule has 6 heteroatoms. The molecule has 0 aliphatic heterocycles. The van der Waals surface area contributed by atoms with Crippen molar-refractivity contribution in [2.24, 2.45) is 5.84 Å². The number of nitrogen functional groups attached to an aromatic ring is 1. The summed E-state index contributed by atoms with van der Waals surface area (Å²) in [6, 6.07) is 7.84. The van der Waals surface area contributed by atoms with Crippen LogP contribution in [0.15, 0.2) is 30.6 Å². The zero-order chi connectivity index (χ0) is 14.5. The first-order valence-electron chi connectivity index (χ1n) is 6.29. The third-order valence-corrected chi connectivity index (χ3v) is 2.85. The van der Waals surface area contributed by atoms with E-state index in [4.69, 9.17) is 15.3 Å². The van der Waals surface area contributed by atoms with E-state index < -0.39 is 0 Å². The number of methoxy groups -OCH3 is 1. The molecular weight excluding hydrogens is 256 g/mol. The van der Waals surface area contributed by atoms with Gasteiger partial charge in [0.2, 0.25) is 5.75 Å². The maximum absolute atomic E-state index is 5.76. The van der Waals surface area contributed by atoms with Gasteiger partial charge in [0.25, 0.3) is 5.88 Å². The highest BCUT2D eigenvalue weighted by Gasteiger charge is 2.13. The molecule has 0 saturated carbocycles. The van der Waals surface area contributed by atoms with Crippen LogP contribution in [0.5, 0.6) is 17.4 Å². The first-order valence-corrected chi connectivity index (χ1v) is 6.29. The fraction of sp³-hybridized carbons (Fsp3) is 0.286. The van der Waals surface area contributed by atoms with E-state index in [9.17, 15) is 0 Å². The largest absolute Gasteiger partial charge is 0.489 e. The molecule has 0 spiro atoms. The molecule has 0 amide bonds. The molecule has 1 aromatic carbocycles. The average molecular weight is 274 g/mol. The molecule has 6 nitrogen and oxygen atoms in total. The molecule has 1 heterocycles. The summed E-state index contributed by atoms with van der Waals surface area (Å²) in [6.07, 6.45) is 1.36. The van der Waals surface area contributed by atoms with E-state index >= 15 is 0 Å². The summed E-state index contributed by atoms with van der Waals surface area (Å²) in [5.41, 5.74) is 3.63. The van der Waals surface area contributed by atoms with Crippen LogP contribution in [0.25, 0.3) is 0 Å². The number of hydrogen-bond acceptors (Lipinski definition) is 6. The summed E-state index contributed by atoms with van der Waals surface area (Å²) in [5, 5.41) is 0. The Morgan fingerprint density at radius 3 is 2.70 bits per heavy atom. The SMILES string of the molecule is COc1c(NN)ncnc1Oc1cccc(C(C)C)c1. The predicted molar refractivity (Wildman–Crippen MR) is 77.0 cm³/mol. The van der Waals surface area contributed by atoms with Crippen molar-refractivity contribution in [3.63, 3.8) is 0 Å². The molecule has 0 saturated heterocycles. The number of rotatable bonds is 5. The van der Waals surface area contributed by atoms with E-state index in [0.29, 0.717) is 29.1 Å². The van der Waals surface area contributed by atoms with E-state index in [-0.39, 0.29) is 0 Å². The Morgan fingerprint density at radius 1 is 1.25 bits per heavy atom. The number of ether oxygens (including phenoxy) is 2. The quantitative estimate of drug-likeness (QED) is 0.644. The number of nitrogens with two attached hydrogens (primary N) is 1. The lowest BCUT2D eigenvalue weighted by atomic mass is 10.0. The maximum atomic E-state index is 5.76. The molecule has 1 aromatic heterocycles. The average Bonchev–Trinajstić information content (AvgIpc) is 2.47. The normalized spacial score (nSPS) is 10.4. The summed E-state index contributed by atoms with van der Waals surface area (Å²) in [5.74, 6) is 7.55. The van der Waals surface area contributed by atoms with Gasteiger partial charge in [-0.3, -0.25) is 0 Å². The van der Waals surface area contributed by atoms with Crippen molar-refractivity contribution >= 4 is 5.82 Å². The number of benzene rings is 1. The lowest BCUT2D eigenvalue weighted by Gasteiger charge is -2.12. The zero-order valence-corrected chi connectivity index (χ0v) is 11.8. The van der Waals surface area contributed by atoms with E-state index in [1.807, 2.05) is 18.2 Å². The monoisotopic (exact) mass is 274 g/mol. The Morgan fingerprint density at radius 2 is 2.05 bits per heavy atom. The minimum atomic E-state index is 0.316. The second kappa shape index (κ2) is 6.21. The molecule has 0 aliphatic carbocycles. The van der Waals surface area contributed by atoms with Gasteiger partial charge in [0.15, 0.2) is 5.82 Å². The number of nitrogens with one attached hydrogen (secondary N) is 1. The highest BCUT2D eigenvalue weighted by atomic mass is 16.5. The number of hydrogen-bond donors (Lipinski definition) is 2. The molecule has 0 fully saturated rings. The summed E-state index contributed by atoms with van der Waals surface area (Å²) in [4.78, 5) is 8.04. The summed E-state index contributed by atoms with van der Waals surface area (Å²) < 4.78 is 11.0. The first kappa shape index (κ1) is 14.1. The van der Waals surface area contributed by atoms with Gasteiger partial charge in [-0.25, -0.2) is 10.8 Å². The lowest BCUT2D eigenvalue weighted by molar-refractivity contribution is 0.369. The molecule has 0 radical (unpaired) electrons. The molecule has 3 N–H and O–H groups in total. The fourth-order valence-corrected chi connectivity index (χ4v) is 1.77. The van der Waals surface area contributed by atoms with Gasteiger partial charge in [-0.2, -0.15) is 4.98 Å². The third kappa shape index (κ3) is 2.97. The van der Waals surface area contributed by atoms with Gasteiger partial charge in [-0.05, 0) is 23.6 Å². The second-order valence-corrected chi connectivity index (χ2v) is 4.53. The van der Waals surface area contributed by atoms with Crippen LogP contribution >= 0.6 is 0 Å². The van der Waals surface area contributed by atoms with Crippen molar-refractivity contribution in [3.8, 4) is 17.4 Å². The number of nitrogens with zero attached hydrogens (tertiary/aromatic N) is 2. The standard InChI is InChI=1S/C14H18N4O2/c1-9(2)10-5-4-6-11(7-10)20-14-12(19-3)13(18-15)16-8-17-14/h4-9H,15H2,1-3H3,(H,16,17,18). The van der Waals surface area contributed by atoms with Gasteiger partial charge in [-0.15, -0.1) is 0 Å². The van der Waals surface area contributed by atoms with Crippen LogP contribution in [0.3, 0.4) is 0 Å². The van der Waals surface area contributed by atoms with Gasteiger partial charge in [0.05, 0.1) is 7.11 Å². The van der Waals surface area contributed by atoms with Gasteiger partial charge < -0.3 is 14.9 Å². The van der Waals surface area contributed by atoms with Crippen LogP contribution in [-0.2, 0) is 0 Å². The molecule has 106 valence electrons. The Hall–Kier alpha value is -2.34. The van der Waals surface area contributed by atoms with Crippen molar-refractivity contribution < 1.29 is 9.47 Å². The van der Waals surface area contributed by atoms with Crippen molar-refractivity contribution in [1.29, 1.82) is 0 Å².